The zero-order chi connectivity index (χ0) is 9.68. The summed E-state index contributed by atoms with van der Waals surface area (Å²) in [5.41, 5.74) is 1.97. The van der Waals surface area contributed by atoms with Gasteiger partial charge < -0.3 is 5.11 Å². The summed E-state index contributed by atoms with van der Waals surface area (Å²) in [7, 11) is 0. The molecule has 1 unspecified atom stereocenters. The van der Waals surface area contributed by atoms with Crippen molar-refractivity contribution < 1.29 is 5.11 Å². The van der Waals surface area contributed by atoms with E-state index in [1.165, 1.54) is 0 Å². The Kier molecular flexibility index (Phi) is 3.83. The Balaban J connectivity index is 2.66. The SMILES string of the molecule is CCc1cc(CC(O)CC)ncn1. The fourth-order valence-electron chi connectivity index (χ4n) is 1.13. The third-order valence-corrected chi connectivity index (χ3v) is 2.06. The number of nitrogens with zero attached hydrogens (tertiary/aromatic N) is 2. The quantitative estimate of drug-likeness (QED) is 0.760. The van der Waals surface area contributed by atoms with Crippen LogP contribution in [0.3, 0.4) is 0 Å². The van der Waals surface area contributed by atoms with Crippen LogP contribution in [-0.4, -0.2) is 21.2 Å². The Morgan fingerprint density at radius 1 is 1.31 bits per heavy atom. The van der Waals surface area contributed by atoms with Crippen molar-refractivity contribution in [2.24, 2.45) is 0 Å². The zero-order valence-corrected chi connectivity index (χ0v) is 8.20. The highest BCUT2D eigenvalue weighted by Gasteiger charge is 2.04. The highest BCUT2D eigenvalue weighted by atomic mass is 16.3. The maximum atomic E-state index is 9.41. The summed E-state index contributed by atoms with van der Waals surface area (Å²) in [5.74, 6) is 0. The van der Waals surface area contributed by atoms with Crippen molar-refractivity contribution >= 4 is 0 Å². The van der Waals surface area contributed by atoms with Gasteiger partial charge in [0, 0.05) is 17.8 Å². The van der Waals surface area contributed by atoms with Gasteiger partial charge in [0.05, 0.1) is 6.10 Å². The lowest BCUT2D eigenvalue weighted by atomic mass is 10.1. The van der Waals surface area contributed by atoms with Crippen LogP contribution in [0.25, 0.3) is 0 Å². The third kappa shape index (κ3) is 3.11. The van der Waals surface area contributed by atoms with Crippen molar-refractivity contribution in [1.29, 1.82) is 0 Å². The Hall–Kier alpha value is -0.960. The van der Waals surface area contributed by atoms with E-state index in [2.05, 4.69) is 16.9 Å². The minimum Gasteiger partial charge on any atom is -0.393 e. The molecule has 1 heterocycles. The Morgan fingerprint density at radius 2 is 2.00 bits per heavy atom. The number of rotatable bonds is 4. The summed E-state index contributed by atoms with van der Waals surface area (Å²) in [6, 6.07) is 1.96. The minimum atomic E-state index is -0.278. The first-order chi connectivity index (χ1) is 6.26. The number of hydrogen-bond acceptors (Lipinski definition) is 3. The molecule has 72 valence electrons. The summed E-state index contributed by atoms with van der Waals surface area (Å²) in [4.78, 5) is 8.20. The first kappa shape index (κ1) is 10.1. The molecular weight excluding hydrogens is 164 g/mol. The molecule has 3 nitrogen and oxygen atoms in total. The Labute approximate surface area is 78.9 Å². The highest BCUT2D eigenvalue weighted by molar-refractivity contribution is 5.08. The van der Waals surface area contributed by atoms with Gasteiger partial charge in [0.2, 0.25) is 0 Å². The number of hydrogen-bond donors (Lipinski definition) is 1. The van der Waals surface area contributed by atoms with E-state index in [4.69, 9.17) is 0 Å². The van der Waals surface area contributed by atoms with Crippen LogP contribution in [-0.2, 0) is 12.8 Å². The van der Waals surface area contributed by atoms with E-state index in [0.29, 0.717) is 6.42 Å². The molecule has 0 saturated carbocycles. The average molecular weight is 180 g/mol. The molecule has 1 atom stereocenters. The van der Waals surface area contributed by atoms with Crippen LogP contribution in [0.4, 0.5) is 0 Å². The van der Waals surface area contributed by atoms with E-state index in [-0.39, 0.29) is 6.10 Å². The monoisotopic (exact) mass is 180 g/mol. The van der Waals surface area contributed by atoms with Crippen molar-refractivity contribution in [3.05, 3.63) is 23.8 Å². The second-order valence-corrected chi connectivity index (χ2v) is 3.12. The number of aliphatic hydroxyl groups excluding tert-OH is 1. The minimum absolute atomic E-state index is 0.278. The van der Waals surface area contributed by atoms with Gasteiger partial charge in [-0.25, -0.2) is 9.97 Å². The van der Waals surface area contributed by atoms with Crippen molar-refractivity contribution in [2.75, 3.05) is 0 Å². The highest BCUT2D eigenvalue weighted by Crippen LogP contribution is 2.04. The lowest BCUT2D eigenvalue weighted by Gasteiger charge is -2.06. The predicted octanol–water partition coefficient (Wildman–Crippen LogP) is 1.35. The lowest BCUT2D eigenvalue weighted by Crippen LogP contribution is -2.10. The average Bonchev–Trinajstić information content (AvgIpc) is 2.18. The van der Waals surface area contributed by atoms with Gasteiger partial charge in [-0.3, -0.25) is 0 Å². The van der Waals surface area contributed by atoms with Crippen LogP contribution in [0.2, 0.25) is 0 Å². The molecule has 0 fully saturated rings. The van der Waals surface area contributed by atoms with Crippen molar-refractivity contribution in [3.63, 3.8) is 0 Å². The Bertz CT molecular complexity index is 263. The standard InChI is InChI=1S/C10H16N2O/c1-3-8-5-9(12-7-11-8)6-10(13)4-2/h5,7,10,13H,3-4,6H2,1-2H3. The maximum Gasteiger partial charge on any atom is 0.115 e. The van der Waals surface area contributed by atoms with Gasteiger partial charge in [-0.05, 0) is 18.9 Å². The fourth-order valence-corrected chi connectivity index (χ4v) is 1.13. The molecule has 0 aliphatic rings. The number of aliphatic hydroxyl groups is 1. The topological polar surface area (TPSA) is 46.0 Å². The molecular formula is C10H16N2O. The van der Waals surface area contributed by atoms with Gasteiger partial charge in [-0.2, -0.15) is 0 Å². The molecule has 0 aliphatic carbocycles. The van der Waals surface area contributed by atoms with Crippen LogP contribution in [0.1, 0.15) is 31.7 Å². The van der Waals surface area contributed by atoms with Gasteiger partial charge in [0.1, 0.15) is 6.33 Å². The summed E-state index contributed by atoms with van der Waals surface area (Å²) >= 11 is 0. The van der Waals surface area contributed by atoms with Gasteiger partial charge in [-0.1, -0.05) is 13.8 Å². The molecule has 0 spiro atoms. The summed E-state index contributed by atoms with van der Waals surface area (Å²) in [6.45, 7) is 4.02. The molecule has 0 amide bonds. The van der Waals surface area contributed by atoms with Crippen molar-refractivity contribution in [2.45, 2.75) is 39.2 Å². The largest absolute Gasteiger partial charge is 0.393 e. The molecule has 0 aromatic carbocycles. The molecule has 13 heavy (non-hydrogen) atoms. The normalized spacial score (nSPS) is 12.8. The zero-order valence-electron chi connectivity index (χ0n) is 8.20. The summed E-state index contributed by atoms with van der Waals surface area (Å²) in [6.07, 6.45) is 3.60. The predicted molar refractivity (Wildman–Crippen MR) is 51.4 cm³/mol. The van der Waals surface area contributed by atoms with E-state index in [1.807, 2.05) is 13.0 Å². The van der Waals surface area contributed by atoms with E-state index in [9.17, 15) is 5.11 Å². The third-order valence-electron chi connectivity index (χ3n) is 2.06. The molecule has 0 bridgehead atoms. The lowest BCUT2D eigenvalue weighted by molar-refractivity contribution is 0.169. The first-order valence-corrected chi connectivity index (χ1v) is 4.74. The van der Waals surface area contributed by atoms with E-state index >= 15 is 0 Å². The van der Waals surface area contributed by atoms with Crippen LogP contribution in [0.15, 0.2) is 12.4 Å². The van der Waals surface area contributed by atoms with E-state index < -0.39 is 0 Å². The fraction of sp³-hybridized carbons (Fsp3) is 0.600. The van der Waals surface area contributed by atoms with Gasteiger partial charge >= 0.3 is 0 Å². The molecule has 0 saturated heterocycles. The molecule has 1 aromatic heterocycles. The van der Waals surface area contributed by atoms with Crippen LogP contribution < -0.4 is 0 Å². The summed E-state index contributed by atoms with van der Waals surface area (Å²) in [5, 5.41) is 9.41. The van der Waals surface area contributed by atoms with Crippen LogP contribution in [0, 0.1) is 0 Å². The second-order valence-electron chi connectivity index (χ2n) is 3.12. The molecule has 1 rings (SSSR count). The van der Waals surface area contributed by atoms with E-state index in [0.717, 1.165) is 24.2 Å². The van der Waals surface area contributed by atoms with E-state index in [1.54, 1.807) is 6.33 Å². The molecule has 1 aromatic rings. The molecule has 0 aliphatic heterocycles. The summed E-state index contributed by atoms with van der Waals surface area (Å²) < 4.78 is 0. The number of aryl methyl sites for hydroxylation is 1. The molecule has 0 radical (unpaired) electrons. The number of aromatic nitrogens is 2. The molecule has 1 N–H and O–H groups in total. The Morgan fingerprint density at radius 3 is 2.62 bits per heavy atom. The van der Waals surface area contributed by atoms with Crippen LogP contribution >= 0.6 is 0 Å². The van der Waals surface area contributed by atoms with Gasteiger partial charge in [0.15, 0.2) is 0 Å². The van der Waals surface area contributed by atoms with Crippen molar-refractivity contribution in [1.82, 2.24) is 9.97 Å². The van der Waals surface area contributed by atoms with Gasteiger partial charge in [0.25, 0.3) is 0 Å². The maximum absolute atomic E-state index is 9.41. The molecule has 3 heteroatoms. The second kappa shape index (κ2) is 4.92. The van der Waals surface area contributed by atoms with Crippen molar-refractivity contribution in [3.8, 4) is 0 Å². The smallest absolute Gasteiger partial charge is 0.115 e. The van der Waals surface area contributed by atoms with Crippen LogP contribution in [0.5, 0.6) is 0 Å². The first-order valence-electron chi connectivity index (χ1n) is 4.74. The van der Waals surface area contributed by atoms with Gasteiger partial charge in [-0.15, -0.1) is 0 Å².